The van der Waals surface area contributed by atoms with Gasteiger partial charge in [-0.25, -0.2) is 0 Å². The van der Waals surface area contributed by atoms with E-state index < -0.39 is 37.7 Å². The molecule has 0 fully saturated rings. The summed E-state index contributed by atoms with van der Waals surface area (Å²) in [5.41, 5.74) is 0. The molecular formula is C8H20O6P2. The van der Waals surface area contributed by atoms with Crippen LogP contribution in [0.4, 0.5) is 0 Å². The number of hydrogen-bond donors (Lipinski definition) is 4. The molecule has 0 aliphatic carbocycles. The fourth-order valence-electron chi connectivity index (χ4n) is 0.818. The summed E-state index contributed by atoms with van der Waals surface area (Å²) in [6, 6.07) is 0. The van der Waals surface area contributed by atoms with Crippen molar-refractivity contribution in [2.75, 3.05) is 12.3 Å². The summed E-state index contributed by atoms with van der Waals surface area (Å²) in [6.45, 7) is 4.67. The minimum atomic E-state index is -3.93. The van der Waals surface area contributed by atoms with Crippen LogP contribution in [-0.2, 0) is 9.13 Å². The summed E-state index contributed by atoms with van der Waals surface area (Å²) in [5.74, 6) is 0. The van der Waals surface area contributed by atoms with Crippen molar-refractivity contribution in [3.63, 3.8) is 0 Å². The van der Waals surface area contributed by atoms with Crippen LogP contribution in [0.3, 0.4) is 0 Å². The predicted molar refractivity (Wildman–Crippen MR) is 62.0 cm³/mol. The second-order valence-corrected chi connectivity index (χ2v) is 10.7. The maximum absolute atomic E-state index is 11.6. The maximum Gasteiger partial charge on any atom is 0.231 e. The van der Waals surface area contributed by atoms with Gasteiger partial charge in [0.05, 0.1) is 0 Å². The number of aliphatic hydroxyl groups is 2. The molecule has 0 amide bonds. The first-order valence-corrected chi connectivity index (χ1v) is 8.48. The molecule has 0 aromatic carbocycles. The van der Waals surface area contributed by atoms with Crippen LogP contribution >= 0.6 is 14.7 Å². The lowest BCUT2D eigenvalue weighted by Crippen LogP contribution is -2.25. The number of hydrogen-bond acceptors (Lipinski definition) is 4. The first kappa shape index (κ1) is 16.3. The third kappa shape index (κ3) is 3.95. The Morgan fingerprint density at radius 2 is 1.00 bits per heavy atom. The van der Waals surface area contributed by atoms with Gasteiger partial charge in [-0.15, -0.1) is 0 Å². The van der Waals surface area contributed by atoms with E-state index >= 15 is 0 Å². The summed E-state index contributed by atoms with van der Waals surface area (Å²) in [6.07, 6.45) is -1.01. The summed E-state index contributed by atoms with van der Waals surface area (Å²) < 4.78 is 23.2. The molecule has 2 atom stereocenters. The Hall–Kier alpha value is 0.300. The minimum absolute atomic E-state index is 0.506. The molecule has 0 aliphatic heterocycles. The molecule has 8 heteroatoms. The molecule has 0 radical (unpaired) electrons. The van der Waals surface area contributed by atoms with Crippen molar-refractivity contribution in [1.82, 2.24) is 0 Å². The monoisotopic (exact) mass is 274 g/mol. The molecule has 6 nitrogen and oxygen atoms in total. The topological polar surface area (TPSA) is 115 Å². The first-order chi connectivity index (χ1) is 6.71. The normalized spacial score (nSPS) is 21.2. The minimum Gasteiger partial charge on any atom is -0.380 e. The fourth-order valence-corrected chi connectivity index (χ4v) is 4.08. The summed E-state index contributed by atoms with van der Waals surface area (Å²) in [5, 5.41) is 15.2. The van der Waals surface area contributed by atoms with Crippen LogP contribution in [0.5, 0.6) is 0 Å². The van der Waals surface area contributed by atoms with E-state index in [4.69, 9.17) is 0 Å². The van der Waals surface area contributed by atoms with Gasteiger partial charge >= 0.3 is 0 Å². The average Bonchev–Trinajstić information content (AvgIpc) is 1.97. The van der Waals surface area contributed by atoms with E-state index in [9.17, 15) is 29.1 Å². The standard InChI is InChI=1S/C8H20O6P2/c1-7(2,9)15(11,12)5-6-16(13,14)8(3,4)10/h9-10H,5-6H2,1-4H3,(H,11,12)(H,13,14). The predicted octanol–water partition coefficient (Wildman–Crippen LogP) is 0.984. The van der Waals surface area contributed by atoms with Gasteiger partial charge in [-0.1, -0.05) is 0 Å². The molecule has 0 saturated heterocycles. The Morgan fingerprint density at radius 3 is 1.12 bits per heavy atom. The molecule has 2 unspecified atom stereocenters. The third-order valence-electron chi connectivity index (χ3n) is 2.42. The van der Waals surface area contributed by atoms with Gasteiger partial charge in [0.1, 0.15) is 10.7 Å². The van der Waals surface area contributed by atoms with Crippen LogP contribution < -0.4 is 0 Å². The zero-order valence-corrected chi connectivity index (χ0v) is 11.7. The highest BCUT2D eigenvalue weighted by molar-refractivity contribution is 7.63. The highest BCUT2D eigenvalue weighted by Crippen LogP contribution is 2.59. The van der Waals surface area contributed by atoms with Crippen LogP contribution in [0.2, 0.25) is 0 Å². The largest absolute Gasteiger partial charge is 0.380 e. The van der Waals surface area contributed by atoms with Gasteiger partial charge in [0.15, 0.2) is 0 Å². The van der Waals surface area contributed by atoms with Gasteiger partial charge in [-0.2, -0.15) is 0 Å². The van der Waals surface area contributed by atoms with Crippen molar-refractivity contribution in [2.24, 2.45) is 0 Å². The molecular weight excluding hydrogens is 254 g/mol. The van der Waals surface area contributed by atoms with E-state index in [1.54, 1.807) is 0 Å². The lowest BCUT2D eigenvalue weighted by Gasteiger charge is -2.28. The quantitative estimate of drug-likeness (QED) is 0.555. The van der Waals surface area contributed by atoms with Gasteiger partial charge in [-0.3, -0.25) is 9.13 Å². The highest BCUT2D eigenvalue weighted by atomic mass is 31.2. The second-order valence-electron chi connectivity index (χ2n) is 4.84. The molecule has 0 rings (SSSR count). The van der Waals surface area contributed by atoms with Crippen LogP contribution in [0.1, 0.15) is 27.7 Å². The Kier molecular flexibility index (Phi) is 4.61. The molecule has 0 heterocycles. The van der Waals surface area contributed by atoms with Crippen molar-refractivity contribution in [1.29, 1.82) is 0 Å². The molecule has 0 saturated carbocycles. The molecule has 0 bridgehead atoms. The molecule has 0 aliphatic rings. The Labute approximate surface area is 95.2 Å². The van der Waals surface area contributed by atoms with E-state index in [2.05, 4.69) is 0 Å². The maximum atomic E-state index is 11.6. The van der Waals surface area contributed by atoms with Gasteiger partial charge < -0.3 is 20.0 Å². The number of rotatable bonds is 5. The molecule has 4 N–H and O–H groups in total. The summed E-state index contributed by atoms with van der Waals surface area (Å²) in [7, 11) is -7.86. The summed E-state index contributed by atoms with van der Waals surface area (Å²) in [4.78, 5) is 18.9. The van der Waals surface area contributed by atoms with Crippen molar-refractivity contribution in [3.8, 4) is 0 Å². The van der Waals surface area contributed by atoms with E-state index in [0.29, 0.717) is 0 Å². The van der Waals surface area contributed by atoms with Gasteiger partial charge in [0, 0.05) is 12.3 Å². The van der Waals surface area contributed by atoms with Crippen LogP contribution in [0, 0.1) is 0 Å². The lowest BCUT2D eigenvalue weighted by atomic mass is 10.5. The van der Waals surface area contributed by atoms with Crippen LogP contribution in [0.25, 0.3) is 0 Å². The average molecular weight is 274 g/mol. The molecule has 0 aromatic rings. The molecule has 16 heavy (non-hydrogen) atoms. The Balaban J connectivity index is 4.73. The molecule has 98 valence electrons. The van der Waals surface area contributed by atoms with Crippen molar-refractivity contribution < 1.29 is 29.1 Å². The van der Waals surface area contributed by atoms with Gasteiger partial charge in [0.25, 0.3) is 0 Å². The highest BCUT2D eigenvalue weighted by Gasteiger charge is 2.42. The summed E-state index contributed by atoms with van der Waals surface area (Å²) >= 11 is 0. The first-order valence-electron chi connectivity index (χ1n) is 4.79. The zero-order valence-electron chi connectivity index (χ0n) is 9.91. The van der Waals surface area contributed by atoms with Crippen molar-refractivity contribution in [3.05, 3.63) is 0 Å². The van der Waals surface area contributed by atoms with E-state index in [1.807, 2.05) is 0 Å². The Morgan fingerprint density at radius 1 is 0.812 bits per heavy atom. The molecule has 0 aromatic heterocycles. The molecule has 0 spiro atoms. The van der Waals surface area contributed by atoms with Crippen LogP contribution in [-0.4, -0.2) is 43.0 Å². The Bertz CT molecular complexity index is 303. The van der Waals surface area contributed by atoms with Crippen LogP contribution in [0.15, 0.2) is 0 Å². The smallest absolute Gasteiger partial charge is 0.231 e. The fraction of sp³-hybridized carbons (Fsp3) is 1.00. The SMILES string of the molecule is CC(C)(O)P(=O)(O)CCP(=O)(O)C(C)(C)O. The zero-order chi connectivity index (χ0) is 13.4. The third-order valence-corrected chi connectivity index (χ3v) is 7.85. The van der Waals surface area contributed by atoms with E-state index in [-0.39, 0.29) is 0 Å². The van der Waals surface area contributed by atoms with Gasteiger partial charge in [-0.05, 0) is 27.7 Å². The lowest BCUT2D eigenvalue weighted by molar-refractivity contribution is 0.145. The van der Waals surface area contributed by atoms with Gasteiger partial charge in [0.2, 0.25) is 14.7 Å². The van der Waals surface area contributed by atoms with Crippen molar-refractivity contribution >= 4 is 14.7 Å². The van der Waals surface area contributed by atoms with E-state index in [0.717, 1.165) is 0 Å². The van der Waals surface area contributed by atoms with Crippen molar-refractivity contribution in [2.45, 2.75) is 38.4 Å². The van der Waals surface area contributed by atoms with E-state index in [1.165, 1.54) is 27.7 Å². The second kappa shape index (κ2) is 4.52.